The Bertz CT molecular complexity index is 1320. The molecule has 3 aromatic rings. The van der Waals surface area contributed by atoms with Crippen molar-refractivity contribution in [1.82, 2.24) is 9.21 Å². The summed E-state index contributed by atoms with van der Waals surface area (Å²) in [5.74, 6) is -0.124. The molecule has 1 aliphatic heterocycles. The maximum atomic E-state index is 14.0. The summed E-state index contributed by atoms with van der Waals surface area (Å²) in [5.41, 5.74) is 4.42. The lowest BCUT2D eigenvalue weighted by Gasteiger charge is -2.39. The summed E-state index contributed by atoms with van der Waals surface area (Å²) in [6.07, 6.45) is 5.50. The molecule has 1 saturated carbocycles. The van der Waals surface area contributed by atoms with Gasteiger partial charge >= 0.3 is 0 Å². The summed E-state index contributed by atoms with van der Waals surface area (Å²) in [4.78, 5) is 17.5. The Morgan fingerprint density at radius 2 is 1.69 bits per heavy atom. The molecule has 36 heavy (non-hydrogen) atoms. The van der Waals surface area contributed by atoms with Crippen LogP contribution in [0.25, 0.3) is 0 Å². The van der Waals surface area contributed by atoms with Crippen LogP contribution in [0.5, 0.6) is 0 Å². The third-order valence-electron chi connectivity index (χ3n) is 7.67. The second kappa shape index (κ2) is 10.5. The van der Waals surface area contributed by atoms with Crippen molar-refractivity contribution >= 4 is 27.3 Å². The van der Waals surface area contributed by atoms with Gasteiger partial charge in [0.2, 0.25) is 15.9 Å². The SMILES string of the molecule is Cc1ccc(S(=O)(=O)N(CC(=O)N2CCc3sccc3[C@@H]2c2ccccc2C)C2CCCCC2)cc1. The van der Waals surface area contributed by atoms with Crippen LogP contribution < -0.4 is 0 Å². The molecule has 0 bridgehead atoms. The number of amides is 1. The summed E-state index contributed by atoms with van der Waals surface area (Å²) < 4.78 is 29.3. The Morgan fingerprint density at radius 3 is 2.42 bits per heavy atom. The van der Waals surface area contributed by atoms with E-state index in [9.17, 15) is 13.2 Å². The van der Waals surface area contributed by atoms with Crippen molar-refractivity contribution in [3.8, 4) is 0 Å². The maximum absolute atomic E-state index is 14.0. The topological polar surface area (TPSA) is 57.7 Å². The zero-order valence-electron chi connectivity index (χ0n) is 21.0. The zero-order chi connectivity index (χ0) is 25.3. The van der Waals surface area contributed by atoms with Crippen LogP contribution >= 0.6 is 11.3 Å². The van der Waals surface area contributed by atoms with Gasteiger partial charge in [-0.25, -0.2) is 8.42 Å². The highest BCUT2D eigenvalue weighted by atomic mass is 32.2. The fraction of sp³-hybridized carbons (Fsp3) is 0.414. The molecule has 2 heterocycles. The Morgan fingerprint density at radius 1 is 0.972 bits per heavy atom. The summed E-state index contributed by atoms with van der Waals surface area (Å²) in [6, 6.07) is 17.0. The van der Waals surface area contributed by atoms with Gasteiger partial charge in [0.05, 0.1) is 17.5 Å². The molecular formula is C29H34N2O3S2. The van der Waals surface area contributed by atoms with Crippen molar-refractivity contribution in [3.05, 3.63) is 87.1 Å². The molecule has 2 aromatic carbocycles. The van der Waals surface area contributed by atoms with Gasteiger partial charge in [0, 0.05) is 17.5 Å². The first kappa shape index (κ1) is 25.2. The van der Waals surface area contributed by atoms with Gasteiger partial charge in [-0.2, -0.15) is 4.31 Å². The lowest BCUT2D eigenvalue weighted by molar-refractivity contribution is -0.134. The van der Waals surface area contributed by atoms with Gasteiger partial charge in [-0.05, 0) is 73.4 Å². The molecule has 5 nitrogen and oxygen atoms in total. The molecule has 0 saturated heterocycles. The Hall–Kier alpha value is -2.48. The third kappa shape index (κ3) is 4.89. The normalized spacial score (nSPS) is 18.9. The van der Waals surface area contributed by atoms with E-state index >= 15 is 0 Å². The number of hydrogen-bond donors (Lipinski definition) is 0. The summed E-state index contributed by atoms with van der Waals surface area (Å²) in [7, 11) is -3.80. The van der Waals surface area contributed by atoms with Crippen LogP contribution in [0.15, 0.2) is 64.9 Å². The van der Waals surface area contributed by atoms with Crippen molar-refractivity contribution in [1.29, 1.82) is 0 Å². The van der Waals surface area contributed by atoms with E-state index in [1.165, 1.54) is 14.7 Å². The third-order valence-corrected chi connectivity index (χ3v) is 10.6. The van der Waals surface area contributed by atoms with Gasteiger partial charge in [0.15, 0.2) is 0 Å². The molecule has 2 aliphatic rings. The Kier molecular flexibility index (Phi) is 7.33. The predicted molar refractivity (Wildman–Crippen MR) is 145 cm³/mol. The first-order valence-corrected chi connectivity index (χ1v) is 15.2. The molecule has 190 valence electrons. The smallest absolute Gasteiger partial charge is 0.243 e. The fourth-order valence-corrected chi connectivity index (χ4v) is 8.20. The highest BCUT2D eigenvalue weighted by Gasteiger charge is 2.38. The van der Waals surface area contributed by atoms with Crippen LogP contribution in [-0.4, -0.2) is 42.7 Å². The van der Waals surface area contributed by atoms with E-state index in [0.717, 1.165) is 55.2 Å². The quantitative estimate of drug-likeness (QED) is 0.407. The van der Waals surface area contributed by atoms with E-state index in [2.05, 4.69) is 30.5 Å². The van der Waals surface area contributed by atoms with E-state index in [1.54, 1.807) is 23.5 Å². The Labute approximate surface area is 218 Å². The minimum atomic E-state index is -3.80. The van der Waals surface area contributed by atoms with Crippen LogP contribution in [0, 0.1) is 13.8 Å². The second-order valence-electron chi connectivity index (χ2n) is 10.1. The van der Waals surface area contributed by atoms with Crippen molar-refractivity contribution in [2.45, 2.75) is 69.4 Å². The van der Waals surface area contributed by atoms with Crippen LogP contribution in [0.1, 0.15) is 65.3 Å². The average Bonchev–Trinajstić information content (AvgIpc) is 3.37. The molecule has 7 heteroatoms. The number of carbonyl (C=O) groups is 1. The van der Waals surface area contributed by atoms with Crippen LogP contribution in [0.2, 0.25) is 0 Å². The minimum absolute atomic E-state index is 0.122. The van der Waals surface area contributed by atoms with Gasteiger partial charge < -0.3 is 4.90 Å². The highest BCUT2D eigenvalue weighted by Crippen LogP contribution is 2.39. The van der Waals surface area contributed by atoms with Gasteiger partial charge in [0.1, 0.15) is 0 Å². The fourth-order valence-electron chi connectivity index (χ4n) is 5.66. The van der Waals surface area contributed by atoms with E-state index in [1.807, 2.05) is 36.1 Å². The predicted octanol–water partition coefficient (Wildman–Crippen LogP) is 5.86. The molecule has 5 rings (SSSR count). The monoisotopic (exact) mass is 522 g/mol. The lowest BCUT2D eigenvalue weighted by Crippen LogP contribution is -2.50. The van der Waals surface area contributed by atoms with Gasteiger partial charge in [-0.1, -0.05) is 61.2 Å². The molecule has 1 aliphatic carbocycles. The molecule has 0 unspecified atom stereocenters. The van der Waals surface area contributed by atoms with Gasteiger partial charge in [-0.3, -0.25) is 4.79 Å². The summed E-state index contributed by atoms with van der Waals surface area (Å²) in [5, 5.41) is 2.10. The number of thiophene rings is 1. The zero-order valence-corrected chi connectivity index (χ0v) is 22.7. The van der Waals surface area contributed by atoms with E-state index in [4.69, 9.17) is 0 Å². The molecular weight excluding hydrogens is 488 g/mol. The van der Waals surface area contributed by atoms with Gasteiger partial charge in [0.25, 0.3) is 0 Å². The van der Waals surface area contributed by atoms with Crippen molar-refractivity contribution in [2.24, 2.45) is 0 Å². The summed E-state index contributed by atoms with van der Waals surface area (Å²) >= 11 is 1.74. The Balaban J connectivity index is 1.50. The van der Waals surface area contributed by atoms with Crippen molar-refractivity contribution in [3.63, 3.8) is 0 Å². The number of nitrogens with zero attached hydrogens (tertiary/aromatic N) is 2. The highest BCUT2D eigenvalue weighted by molar-refractivity contribution is 7.89. The van der Waals surface area contributed by atoms with Crippen molar-refractivity contribution < 1.29 is 13.2 Å². The molecule has 1 fully saturated rings. The number of fused-ring (bicyclic) bond motifs is 1. The van der Waals surface area contributed by atoms with E-state index in [-0.39, 0.29) is 29.4 Å². The molecule has 1 atom stereocenters. The van der Waals surface area contributed by atoms with Crippen LogP contribution in [-0.2, 0) is 21.2 Å². The number of sulfonamides is 1. The molecule has 0 N–H and O–H groups in total. The van der Waals surface area contributed by atoms with Crippen LogP contribution in [0.3, 0.4) is 0 Å². The molecule has 0 radical (unpaired) electrons. The number of aryl methyl sites for hydroxylation is 2. The lowest BCUT2D eigenvalue weighted by atomic mass is 9.90. The largest absolute Gasteiger partial charge is 0.330 e. The molecule has 1 aromatic heterocycles. The first-order valence-electron chi connectivity index (χ1n) is 12.9. The maximum Gasteiger partial charge on any atom is 0.243 e. The number of carbonyl (C=O) groups excluding carboxylic acids is 1. The standard InChI is InChI=1S/C29H34N2O3S2/c1-21-12-14-24(15-13-21)36(33,34)31(23-9-4-3-5-10-23)20-28(32)30-18-16-27-26(17-19-35-27)29(30)25-11-7-6-8-22(25)2/h6-8,11-15,17,19,23,29H,3-5,9-10,16,18,20H2,1-2H3/t29-/m0/s1. The second-order valence-corrected chi connectivity index (χ2v) is 12.9. The number of rotatable bonds is 6. The molecule has 0 spiro atoms. The number of hydrogen-bond acceptors (Lipinski definition) is 4. The van der Waals surface area contributed by atoms with E-state index < -0.39 is 10.0 Å². The van der Waals surface area contributed by atoms with Crippen molar-refractivity contribution in [2.75, 3.05) is 13.1 Å². The number of benzene rings is 2. The van der Waals surface area contributed by atoms with Gasteiger partial charge in [-0.15, -0.1) is 11.3 Å². The van der Waals surface area contributed by atoms with E-state index in [0.29, 0.717) is 6.54 Å². The first-order chi connectivity index (χ1) is 17.4. The van der Waals surface area contributed by atoms with Crippen LogP contribution in [0.4, 0.5) is 0 Å². The minimum Gasteiger partial charge on any atom is -0.330 e. The molecule has 1 amide bonds. The average molecular weight is 523 g/mol. The summed E-state index contributed by atoms with van der Waals surface area (Å²) in [6.45, 7) is 4.49.